The quantitative estimate of drug-likeness (QED) is 0.784. The van der Waals surface area contributed by atoms with Gasteiger partial charge in [-0.25, -0.2) is 0 Å². The predicted molar refractivity (Wildman–Crippen MR) is 75.8 cm³/mol. The molecule has 0 radical (unpaired) electrons. The van der Waals surface area contributed by atoms with Crippen molar-refractivity contribution in [3.05, 3.63) is 36.2 Å². The molecule has 1 aromatic rings. The third kappa shape index (κ3) is 6.40. The molecule has 1 rings (SSSR count). The van der Waals surface area contributed by atoms with Crippen LogP contribution in [0, 0.1) is 0 Å². The van der Waals surface area contributed by atoms with Gasteiger partial charge in [0.1, 0.15) is 5.75 Å². The summed E-state index contributed by atoms with van der Waals surface area (Å²) < 4.78 is 5.57. The Hall–Kier alpha value is -1.35. The minimum absolute atomic E-state index is 0.109. The van der Waals surface area contributed by atoms with E-state index < -0.39 is 0 Å². The average molecular weight is 248 g/mol. The van der Waals surface area contributed by atoms with Gasteiger partial charge in [0.2, 0.25) is 0 Å². The molecule has 0 unspecified atom stereocenters. The van der Waals surface area contributed by atoms with Gasteiger partial charge in [-0.15, -0.1) is 6.58 Å². The summed E-state index contributed by atoms with van der Waals surface area (Å²) in [5.74, 6) is 0.816. The second kappa shape index (κ2) is 6.55. The van der Waals surface area contributed by atoms with Crippen molar-refractivity contribution in [3.8, 4) is 5.75 Å². The van der Waals surface area contributed by atoms with Crippen molar-refractivity contribution in [2.45, 2.75) is 46.2 Å². The van der Waals surface area contributed by atoms with Crippen LogP contribution in [0.5, 0.6) is 5.75 Å². The highest BCUT2D eigenvalue weighted by molar-refractivity contribution is 5.20. The van der Waals surface area contributed by atoms with E-state index in [9.17, 15) is 0 Å². The zero-order valence-corrected chi connectivity index (χ0v) is 11.9. The summed E-state index contributed by atoms with van der Waals surface area (Å²) in [5.41, 5.74) is 2.27. The lowest BCUT2D eigenvalue weighted by Crippen LogP contribution is -2.35. The van der Waals surface area contributed by atoms with E-state index in [1.165, 1.54) is 0 Å². The first kappa shape index (κ1) is 14.7. The Balaban J connectivity index is 2.40. The highest BCUT2D eigenvalue weighted by Crippen LogP contribution is 2.11. The van der Waals surface area contributed by atoms with Crippen molar-refractivity contribution >= 4 is 0 Å². The number of pyridine rings is 1. The molecule has 0 atom stereocenters. The van der Waals surface area contributed by atoms with Crippen molar-refractivity contribution in [3.63, 3.8) is 0 Å². The molecule has 3 heteroatoms. The first-order chi connectivity index (χ1) is 8.37. The maximum atomic E-state index is 5.57. The van der Waals surface area contributed by atoms with Gasteiger partial charge in [-0.2, -0.15) is 0 Å². The Morgan fingerprint density at radius 1 is 1.39 bits per heavy atom. The van der Waals surface area contributed by atoms with Crippen LogP contribution in [0.1, 0.15) is 39.8 Å². The normalized spacial score (nSPS) is 11.3. The monoisotopic (exact) mass is 248 g/mol. The van der Waals surface area contributed by atoms with Gasteiger partial charge in [0.05, 0.1) is 18.5 Å². The lowest BCUT2D eigenvalue weighted by molar-refractivity contribution is 0.320. The molecule has 0 aliphatic carbocycles. The second-order valence-electron chi connectivity index (χ2n) is 5.64. The molecule has 0 saturated heterocycles. The van der Waals surface area contributed by atoms with E-state index in [-0.39, 0.29) is 5.54 Å². The number of hydrogen-bond acceptors (Lipinski definition) is 3. The van der Waals surface area contributed by atoms with Crippen LogP contribution < -0.4 is 10.1 Å². The molecule has 3 nitrogen and oxygen atoms in total. The summed E-state index contributed by atoms with van der Waals surface area (Å²) in [6.07, 6.45) is 2.66. The molecule has 0 spiro atoms. The highest BCUT2D eigenvalue weighted by Gasteiger charge is 2.08. The fourth-order valence-corrected chi connectivity index (χ4v) is 1.30. The summed E-state index contributed by atoms with van der Waals surface area (Å²) in [4.78, 5) is 4.37. The van der Waals surface area contributed by atoms with Crippen LogP contribution in [-0.4, -0.2) is 17.1 Å². The minimum atomic E-state index is 0.109. The van der Waals surface area contributed by atoms with Crippen LogP contribution in [0.4, 0.5) is 0 Å². The van der Waals surface area contributed by atoms with E-state index in [1.54, 1.807) is 6.20 Å². The SMILES string of the molecule is C=C(C)CCOc1ccc(CNC(C)(C)C)nc1. The zero-order valence-electron chi connectivity index (χ0n) is 11.9. The molecule has 0 aliphatic heterocycles. The van der Waals surface area contributed by atoms with Crippen molar-refractivity contribution < 1.29 is 4.74 Å². The molecule has 0 fully saturated rings. The molecule has 0 bridgehead atoms. The van der Waals surface area contributed by atoms with Gasteiger partial charge >= 0.3 is 0 Å². The largest absolute Gasteiger partial charge is 0.492 e. The van der Waals surface area contributed by atoms with E-state index in [0.29, 0.717) is 6.61 Å². The Kier molecular flexibility index (Phi) is 5.35. The zero-order chi connectivity index (χ0) is 13.6. The summed E-state index contributed by atoms with van der Waals surface area (Å²) in [5, 5.41) is 3.40. The Bertz CT molecular complexity index is 376. The van der Waals surface area contributed by atoms with Gasteiger partial charge < -0.3 is 10.1 Å². The van der Waals surface area contributed by atoms with E-state index in [4.69, 9.17) is 4.74 Å². The van der Waals surface area contributed by atoms with E-state index in [2.05, 4.69) is 37.7 Å². The number of rotatable bonds is 6. The van der Waals surface area contributed by atoms with Gasteiger partial charge in [-0.1, -0.05) is 5.57 Å². The maximum absolute atomic E-state index is 5.57. The summed E-state index contributed by atoms with van der Waals surface area (Å²) in [7, 11) is 0. The molecular weight excluding hydrogens is 224 g/mol. The predicted octanol–water partition coefficient (Wildman–Crippen LogP) is 3.31. The molecule has 100 valence electrons. The molecular formula is C15H24N2O. The summed E-state index contributed by atoms with van der Waals surface area (Å²) in [6.45, 7) is 13.7. The summed E-state index contributed by atoms with van der Waals surface area (Å²) >= 11 is 0. The van der Waals surface area contributed by atoms with Gasteiger partial charge in [-0.3, -0.25) is 4.98 Å². The molecule has 0 aliphatic rings. The molecule has 0 aromatic carbocycles. The van der Waals surface area contributed by atoms with E-state index in [1.807, 2.05) is 19.1 Å². The highest BCUT2D eigenvalue weighted by atomic mass is 16.5. The molecule has 0 saturated carbocycles. The topological polar surface area (TPSA) is 34.1 Å². The second-order valence-corrected chi connectivity index (χ2v) is 5.64. The number of ether oxygens (including phenoxy) is 1. The lowest BCUT2D eigenvalue weighted by atomic mass is 10.1. The van der Waals surface area contributed by atoms with E-state index in [0.717, 1.165) is 30.0 Å². The van der Waals surface area contributed by atoms with Gasteiger partial charge in [0.25, 0.3) is 0 Å². The molecule has 18 heavy (non-hydrogen) atoms. The van der Waals surface area contributed by atoms with E-state index >= 15 is 0 Å². The van der Waals surface area contributed by atoms with Crippen LogP contribution in [0.15, 0.2) is 30.5 Å². The maximum Gasteiger partial charge on any atom is 0.137 e. The van der Waals surface area contributed by atoms with Crippen molar-refractivity contribution in [2.75, 3.05) is 6.61 Å². The Morgan fingerprint density at radius 2 is 2.11 bits per heavy atom. The van der Waals surface area contributed by atoms with Crippen LogP contribution >= 0.6 is 0 Å². The van der Waals surface area contributed by atoms with Crippen LogP contribution in [-0.2, 0) is 6.54 Å². The smallest absolute Gasteiger partial charge is 0.137 e. The number of hydrogen-bond donors (Lipinski definition) is 1. The first-order valence-corrected chi connectivity index (χ1v) is 6.34. The molecule has 1 heterocycles. The Morgan fingerprint density at radius 3 is 2.61 bits per heavy atom. The number of nitrogens with zero attached hydrogens (tertiary/aromatic N) is 1. The van der Waals surface area contributed by atoms with Crippen LogP contribution in [0.25, 0.3) is 0 Å². The van der Waals surface area contributed by atoms with Crippen molar-refractivity contribution in [1.82, 2.24) is 10.3 Å². The third-order valence-corrected chi connectivity index (χ3v) is 2.40. The van der Waals surface area contributed by atoms with Crippen molar-refractivity contribution in [2.24, 2.45) is 0 Å². The molecule has 1 N–H and O–H groups in total. The van der Waals surface area contributed by atoms with Crippen LogP contribution in [0.3, 0.4) is 0 Å². The van der Waals surface area contributed by atoms with Gasteiger partial charge in [0, 0.05) is 18.5 Å². The summed E-state index contributed by atoms with van der Waals surface area (Å²) in [6, 6.07) is 3.96. The molecule has 1 aromatic heterocycles. The minimum Gasteiger partial charge on any atom is -0.492 e. The third-order valence-electron chi connectivity index (χ3n) is 2.40. The van der Waals surface area contributed by atoms with Crippen LogP contribution in [0.2, 0.25) is 0 Å². The number of aromatic nitrogens is 1. The fraction of sp³-hybridized carbons (Fsp3) is 0.533. The number of nitrogens with one attached hydrogen (secondary N) is 1. The lowest BCUT2D eigenvalue weighted by Gasteiger charge is -2.20. The standard InChI is InChI=1S/C15H24N2O/c1-12(2)8-9-18-14-7-6-13(16-11-14)10-17-15(3,4)5/h6-7,11,17H,1,8-10H2,2-5H3. The Labute approximate surface area is 110 Å². The molecule has 0 amide bonds. The van der Waals surface area contributed by atoms with Gasteiger partial charge in [-0.05, 0) is 39.8 Å². The van der Waals surface area contributed by atoms with Gasteiger partial charge in [0.15, 0.2) is 0 Å². The first-order valence-electron chi connectivity index (χ1n) is 6.34. The van der Waals surface area contributed by atoms with Crippen molar-refractivity contribution in [1.29, 1.82) is 0 Å². The average Bonchev–Trinajstić information content (AvgIpc) is 2.26. The fourth-order valence-electron chi connectivity index (χ4n) is 1.30.